The van der Waals surface area contributed by atoms with Crippen molar-refractivity contribution in [3.05, 3.63) is 83.2 Å². The number of hydrogen-bond acceptors (Lipinski definition) is 4. The summed E-state index contributed by atoms with van der Waals surface area (Å²) in [5, 5.41) is 26.0. The first-order chi connectivity index (χ1) is 14.0. The quantitative estimate of drug-likeness (QED) is 0.726. The maximum Gasteiger partial charge on any atom is 0.175 e. The third-order valence-electron chi connectivity index (χ3n) is 6.43. The van der Waals surface area contributed by atoms with Crippen molar-refractivity contribution in [1.29, 1.82) is 5.26 Å². The minimum absolute atomic E-state index is 0.0247. The number of rotatable bonds is 3. The summed E-state index contributed by atoms with van der Waals surface area (Å²) >= 11 is 0. The Labute approximate surface area is 170 Å². The van der Waals surface area contributed by atoms with Crippen LogP contribution in [-0.2, 0) is 11.2 Å². The van der Waals surface area contributed by atoms with Gasteiger partial charge in [0, 0.05) is 12.0 Å². The van der Waals surface area contributed by atoms with Crippen molar-refractivity contribution in [2.24, 2.45) is 0 Å². The lowest BCUT2D eigenvalue weighted by Crippen LogP contribution is -2.48. The van der Waals surface area contributed by atoms with Gasteiger partial charge >= 0.3 is 0 Å². The molecule has 29 heavy (non-hydrogen) atoms. The van der Waals surface area contributed by atoms with Gasteiger partial charge in [0.1, 0.15) is 5.69 Å². The molecule has 3 atom stereocenters. The van der Waals surface area contributed by atoms with Gasteiger partial charge in [-0.25, -0.2) is 0 Å². The van der Waals surface area contributed by atoms with Crippen LogP contribution in [-0.4, -0.2) is 14.9 Å². The molecule has 5 rings (SSSR count). The van der Waals surface area contributed by atoms with Crippen LogP contribution in [0.25, 0.3) is 0 Å². The highest BCUT2D eigenvalue weighted by Gasteiger charge is 2.69. The molecule has 3 unspecified atom stereocenters. The van der Waals surface area contributed by atoms with Gasteiger partial charge in [-0.05, 0) is 49.9 Å². The molecule has 1 aliphatic carbocycles. The van der Waals surface area contributed by atoms with E-state index in [1.54, 1.807) is 12.1 Å². The smallest absolute Gasteiger partial charge is 0.175 e. The van der Waals surface area contributed by atoms with Crippen LogP contribution in [0.15, 0.2) is 60.8 Å². The highest BCUT2D eigenvalue weighted by Crippen LogP contribution is 2.66. The van der Waals surface area contributed by atoms with Gasteiger partial charge in [0.2, 0.25) is 0 Å². The summed E-state index contributed by atoms with van der Waals surface area (Å²) in [5.74, 6) is 0.620. The van der Waals surface area contributed by atoms with Crippen molar-refractivity contribution in [2.75, 3.05) is 0 Å². The van der Waals surface area contributed by atoms with Crippen LogP contribution >= 0.6 is 0 Å². The molecule has 1 fully saturated rings. The summed E-state index contributed by atoms with van der Waals surface area (Å²) in [5.41, 5.74) is 1.03. The van der Waals surface area contributed by atoms with Gasteiger partial charge in [0.25, 0.3) is 0 Å². The molecule has 0 bridgehead atoms. The first-order valence-electron chi connectivity index (χ1n) is 10.1. The lowest BCUT2D eigenvalue weighted by atomic mass is 9.73. The first-order valence-corrected chi connectivity index (χ1v) is 10.1. The Bertz CT molecular complexity index is 1100. The van der Waals surface area contributed by atoms with Crippen LogP contribution in [0.5, 0.6) is 5.75 Å². The van der Waals surface area contributed by atoms with Crippen LogP contribution in [0, 0.1) is 11.3 Å². The minimum atomic E-state index is -1.23. The van der Waals surface area contributed by atoms with Crippen molar-refractivity contribution in [3.8, 4) is 11.8 Å². The van der Waals surface area contributed by atoms with Gasteiger partial charge in [-0.3, -0.25) is 4.68 Å². The van der Waals surface area contributed by atoms with Crippen LogP contribution in [0.4, 0.5) is 0 Å². The number of fused-ring (bicyclic) bond motifs is 3. The maximum absolute atomic E-state index is 12.1. The molecular weight excluding hydrogens is 362 g/mol. The molecule has 2 aromatic carbocycles. The third kappa shape index (κ3) is 2.33. The van der Waals surface area contributed by atoms with Crippen LogP contribution in [0.3, 0.4) is 0 Å². The average Bonchev–Trinajstić information content (AvgIpc) is 3.35. The van der Waals surface area contributed by atoms with Crippen molar-refractivity contribution in [3.63, 3.8) is 0 Å². The highest BCUT2D eigenvalue weighted by atomic mass is 16.5. The Morgan fingerprint density at radius 3 is 2.55 bits per heavy atom. The molecular formula is C24H23N3O2. The normalized spacial score (nSPS) is 27.3. The van der Waals surface area contributed by atoms with E-state index in [9.17, 15) is 10.4 Å². The molecule has 1 aromatic heterocycles. The van der Waals surface area contributed by atoms with Crippen molar-refractivity contribution < 1.29 is 9.84 Å². The molecule has 2 aliphatic rings. The van der Waals surface area contributed by atoms with Crippen LogP contribution in [0.1, 0.15) is 61.0 Å². The number of hydrogen-bond donors (Lipinski definition) is 1. The summed E-state index contributed by atoms with van der Waals surface area (Å²) in [6.07, 6.45) is 3.24. The Morgan fingerprint density at radius 1 is 1.17 bits per heavy atom. The average molecular weight is 385 g/mol. The summed E-state index contributed by atoms with van der Waals surface area (Å²) < 4.78 is 8.51. The Kier molecular flexibility index (Phi) is 3.84. The van der Waals surface area contributed by atoms with E-state index in [1.165, 1.54) is 0 Å². The fourth-order valence-electron chi connectivity index (χ4n) is 5.03. The van der Waals surface area contributed by atoms with E-state index < -0.39 is 11.2 Å². The SMILES string of the molecule is CC(C)n1cc2c(n1)C1(O)CCC(c3ccccc3)C1(c1ccc(C#N)cc1)O2. The molecule has 146 valence electrons. The van der Waals surface area contributed by atoms with E-state index in [0.29, 0.717) is 23.4 Å². The second-order valence-electron chi connectivity index (χ2n) is 8.30. The first kappa shape index (κ1) is 18.0. The van der Waals surface area contributed by atoms with Crippen LogP contribution < -0.4 is 4.74 Å². The Morgan fingerprint density at radius 2 is 1.90 bits per heavy atom. The van der Waals surface area contributed by atoms with Gasteiger partial charge in [-0.1, -0.05) is 42.5 Å². The molecule has 5 heteroatoms. The zero-order chi connectivity index (χ0) is 20.2. The van der Waals surface area contributed by atoms with Gasteiger partial charge in [0.15, 0.2) is 17.0 Å². The van der Waals surface area contributed by atoms with Gasteiger partial charge in [-0.2, -0.15) is 10.4 Å². The summed E-state index contributed by atoms with van der Waals surface area (Å²) in [6.45, 7) is 4.11. The predicted octanol–water partition coefficient (Wildman–Crippen LogP) is 4.39. The van der Waals surface area contributed by atoms with Gasteiger partial charge in [-0.15, -0.1) is 0 Å². The standard InChI is InChI=1S/C24H23N3O2/c1-16(2)27-15-21-22(26-27)23(28)13-12-20(18-6-4-3-5-7-18)24(23,29-21)19-10-8-17(14-25)9-11-19/h3-11,15-16,20,28H,12-13H2,1-2H3. The molecule has 5 nitrogen and oxygen atoms in total. The Hall–Kier alpha value is -3.10. The third-order valence-corrected chi connectivity index (χ3v) is 6.43. The molecule has 2 heterocycles. The number of nitrogens with zero attached hydrogens (tertiary/aromatic N) is 3. The van der Waals surface area contributed by atoms with Crippen molar-refractivity contribution >= 4 is 0 Å². The molecule has 0 radical (unpaired) electrons. The van der Waals surface area contributed by atoms with E-state index >= 15 is 0 Å². The number of nitriles is 1. The van der Waals surface area contributed by atoms with Crippen molar-refractivity contribution in [2.45, 2.75) is 49.9 Å². The molecule has 1 saturated carbocycles. The van der Waals surface area contributed by atoms with E-state index in [4.69, 9.17) is 9.84 Å². The van der Waals surface area contributed by atoms with Crippen molar-refractivity contribution in [1.82, 2.24) is 9.78 Å². The van der Waals surface area contributed by atoms with E-state index in [-0.39, 0.29) is 12.0 Å². The van der Waals surface area contributed by atoms with E-state index in [0.717, 1.165) is 17.5 Å². The Balaban J connectivity index is 1.71. The minimum Gasteiger partial charge on any atom is -0.475 e. The maximum atomic E-state index is 12.1. The zero-order valence-electron chi connectivity index (χ0n) is 16.5. The fraction of sp³-hybridized carbons (Fsp3) is 0.333. The van der Waals surface area contributed by atoms with E-state index in [1.807, 2.05) is 41.2 Å². The second kappa shape index (κ2) is 6.20. The largest absolute Gasteiger partial charge is 0.475 e. The summed E-state index contributed by atoms with van der Waals surface area (Å²) in [6, 6.07) is 20.0. The molecule has 0 saturated heterocycles. The second-order valence-corrected chi connectivity index (χ2v) is 8.30. The highest BCUT2D eigenvalue weighted by molar-refractivity contribution is 5.51. The van der Waals surface area contributed by atoms with Gasteiger partial charge in [0.05, 0.1) is 17.8 Å². The fourth-order valence-corrected chi connectivity index (χ4v) is 5.03. The lowest BCUT2D eigenvalue weighted by Gasteiger charge is -2.40. The number of benzene rings is 2. The lowest BCUT2D eigenvalue weighted by molar-refractivity contribution is -0.109. The molecule has 1 aliphatic heterocycles. The van der Waals surface area contributed by atoms with E-state index in [2.05, 4.69) is 32.0 Å². The summed E-state index contributed by atoms with van der Waals surface area (Å²) in [4.78, 5) is 0. The molecule has 3 aromatic rings. The number of ether oxygens (including phenoxy) is 1. The molecule has 1 N–H and O–H groups in total. The van der Waals surface area contributed by atoms with Crippen LogP contribution in [0.2, 0.25) is 0 Å². The topological polar surface area (TPSA) is 71.1 Å². The monoisotopic (exact) mass is 385 g/mol. The van der Waals surface area contributed by atoms with Gasteiger partial charge < -0.3 is 9.84 Å². The molecule has 0 amide bonds. The number of aliphatic hydroxyl groups is 1. The summed E-state index contributed by atoms with van der Waals surface area (Å²) in [7, 11) is 0. The zero-order valence-corrected chi connectivity index (χ0v) is 16.5. The predicted molar refractivity (Wildman–Crippen MR) is 108 cm³/mol. The number of aromatic nitrogens is 2. The molecule has 0 spiro atoms.